The number of phenolic OH excluding ortho intramolecular Hbond substituents is 1. The quantitative estimate of drug-likeness (QED) is 0.478. The summed E-state index contributed by atoms with van der Waals surface area (Å²) in [5.41, 5.74) is 1.91. The highest BCUT2D eigenvalue weighted by Crippen LogP contribution is 2.45. The summed E-state index contributed by atoms with van der Waals surface area (Å²) < 4.78 is 16.4. The van der Waals surface area contributed by atoms with Crippen LogP contribution in [0.4, 0.5) is 5.69 Å². The van der Waals surface area contributed by atoms with Crippen LogP contribution < -0.4 is 19.1 Å². The normalized spacial score (nSPS) is 16.5. The summed E-state index contributed by atoms with van der Waals surface area (Å²) in [5, 5.41) is 21.2. The van der Waals surface area contributed by atoms with Gasteiger partial charge < -0.3 is 24.4 Å². The number of ether oxygens (including phenoxy) is 3. The molecule has 1 atom stereocenters. The van der Waals surface area contributed by atoms with Crippen molar-refractivity contribution in [1.82, 2.24) is 0 Å². The molecule has 5 rings (SSSR count). The van der Waals surface area contributed by atoms with Gasteiger partial charge in [-0.15, -0.1) is 0 Å². The number of aromatic hydroxyl groups is 1. The molecule has 1 unspecified atom stereocenters. The zero-order chi connectivity index (χ0) is 25.2. The van der Waals surface area contributed by atoms with Crippen molar-refractivity contribution in [2.75, 3.05) is 18.3 Å². The first kappa shape index (κ1) is 23.3. The molecule has 3 aromatic rings. The second-order valence-electron chi connectivity index (χ2n) is 8.45. The molecule has 0 fully saturated rings. The Morgan fingerprint density at radius 1 is 1.03 bits per heavy atom. The Labute approximate surface area is 208 Å². The summed E-state index contributed by atoms with van der Waals surface area (Å²) in [7, 11) is 0. The Bertz CT molecular complexity index is 1350. The van der Waals surface area contributed by atoms with Gasteiger partial charge in [0.25, 0.3) is 5.91 Å². The van der Waals surface area contributed by atoms with E-state index in [2.05, 4.69) is 0 Å². The largest absolute Gasteiger partial charge is 0.504 e. The predicted octanol–water partition coefficient (Wildman–Crippen LogP) is 4.62. The Balaban J connectivity index is 1.56. The van der Waals surface area contributed by atoms with E-state index >= 15 is 0 Å². The summed E-state index contributed by atoms with van der Waals surface area (Å²) in [6, 6.07) is 18.2. The number of phenols is 1. The molecular weight excluding hydrogens is 462 g/mol. The summed E-state index contributed by atoms with van der Waals surface area (Å²) in [5.74, 6) is -0.483. The molecule has 0 spiro atoms. The highest BCUT2D eigenvalue weighted by molar-refractivity contribution is 6.16. The summed E-state index contributed by atoms with van der Waals surface area (Å²) in [6.07, 6.45) is 0.569. The van der Waals surface area contributed by atoms with Gasteiger partial charge in [0.1, 0.15) is 0 Å². The molecule has 2 aliphatic rings. The van der Waals surface area contributed by atoms with Crippen LogP contribution in [0.3, 0.4) is 0 Å². The first-order valence-electron chi connectivity index (χ1n) is 11.7. The number of aliphatic hydroxyl groups excluding tert-OH is 1. The Morgan fingerprint density at radius 3 is 2.58 bits per heavy atom. The molecule has 0 saturated heterocycles. The third-order valence-corrected chi connectivity index (χ3v) is 6.23. The molecule has 0 bridgehead atoms. The highest BCUT2D eigenvalue weighted by atomic mass is 16.7. The van der Waals surface area contributed by atoms with E-state index < -0.39 is 17.7 Å². The van der Waals surface area contributed by atoms with Crippen molar-refractivity contribution in [1.29, 1.82) is 0 Å². The van der Waals surface area contributed by atoms with Crippen LogP contribution in [0, 0.1) is 0 Å². The average molecular weight is 488 g/mol. The van der Waals surface area contributed by atoms with Gasteiger partial charge in [0.15, 0.2) is 34.5 Å². The van der Waals surface area contributed by atoms with Gasteiger partial charge in [-0.3, -0.25) is 14.5 Å². The third kappa shape index (κ3) is 4.22. The fourth-order valence-electron chi connectivity index (χ4n) is 4.52. The number of rotatable bonds is 8. The third-order valence-electron chi connectivity index (χ3n) is 6.23. The van der Waals surface area contributed by atoms with E-state index in [1.54, 1.807) is 37.3 Å². The van der Waals surface area contributed by atoms with Crippen LogP contribution in [0.5, 0.6) is 23.0 Å². The Morgan fingerprint density at radius 2 is 1.81 bits per heavy atom. The maximum absolute atomic E-state index is 13.5. The molecule has 2 aliphatic heterocycles. The van der Waals surface area contributed by atoms with Gasteiger partial charge in [-0.2, -0.15) is 0 Å². The van der Waals surface area contributed by atoms with Crippen molar-refractivity contribution >= 4 is 17.4 Å². The van der Waals surface area contributed by atoms with Crippen LogP contribution >= 0.6 is 0 Å². The number of Topliss-reactive ketones (excluding diaryl/α,β-unsaturated/α-hetero) is 1. The number of carbonyl (C=O) groups excluding carboxylic acids is 2. The lowest BCUT2D eigenvalue weighted by Crippen LogP contribution is -2.31. The minimum Gasteiger partial charge on any atom is -0.504 e. The molecule has 8 heteroatoms. The number of carbonyl (C=O) groups is 2. The van der Waals surface area contributed by atoms with Gasteiger partial charge in [-0.25, -0.2) is 0 Å². The van der Waals surface area contributed by atoms with Gasteiger partial charge in [-0.05, 0) is 48.7 Å². The van der Waals surface area contributed by atoms with Crippen LogP contribution in [-0.4, -0.2) is 35.3 Å². The van der Waals surface area contributed by atoms with E-state index in [0.717, 1.165) is 5.56 Å². The number of hydrogen-bond donors (Lipinski definition) is 2. The molecule has 184 valence electrons. The van der Waals surface area contributed by atoms with Crippen molar-refractivity contribution in [3.8, 4) is 23.0 Å². The van der Waals surface area contributed by atoms with Crippen LogP contribution in [-0.2, 0) is 16.0 Å². The Kier molecular flexibility index (Phi) is 6.25. The van der Waals surface area contributed by atoms with Gasteiger partial charge in [0, 0.05) is 18.2 Å². The zero-order valence-electron chi connectivity index (χ0n) is 19.6. The fourth-order valence-corrected chi connectivity index (χ4v) is 4.52. The standard InChI is InChI=1S/C28H25NO7/c1-2-34-23-14-18(9-12-20(23)30)26-25(21(31)11-8-17-6-4-3-5-7-17)27(32)28(33)29(26)19-10-13-22-24(15-19)36-16-35-22/h3-7,9-10,12-15,26,30,32H,2,8,11,16H2,1H3. The van der Waals surface area contributed by atoms with E-state index in [1.807, 2.05) is 30.3 Å². The number of aryl methyl sites for hydroxylation is 1. The molecule has 3 aromatic carbocycles. The number of ketones is 1. The van der Waals surface area contributed by atoms with E-state index in [1.165, 1.54) is 11.0 Å². The molecule has 2 heterocycles. The number of amides is 1. The highest BCUT2D eigenvalue weighted by Gasteiger charge is 2.44. The van der Waals surface area contributed by atoms with Gasteiger partial charge >= 0.3 is 0 Å². The number of anilines is 1. The second kappa shape index (κ2) is 9.65. The van der Waals surface area contributed by atoms with Crippen LogP contribution in [0.25, 0.3) is 0 Å². The van der Waals surface area contributed by atoms with Crippen LogP contribution in [0.2, 0.25) is 0 Å². The lowest BCUT2D eigenvalue weighted by atomic mass is 9.92. The predicted molar refractivity (Wildman–Crippen MR) is 131 cm³/mol. The van der Waals surface area contributed by atoms with Crippen LogP contribution in [0.1, 0.15) is 30.5 Å². The van der Waals surface area contributed by atoms with Gasteiger partial charge in [0.05, 0.1) is 18.2 Å². The van der Waals surface area contributed by atoms with E-state index in [-0.39, 0.29) is 36.1 Å². The minimum absolute atomic E-state index is 0.00161. The molecular formula is C28H25NO7. The minimum atomic E-state index is -0.930. The average Bonchev–Trinajstić information content (AvgIpc) is 3.46. The topological polar surface area (TPSA) is 106 Å². The molecule has 0 aromatic heterocycles. The van der Waals surface area contributed by atoms with E-state index in [4.69, 9.17) is 14.2 Å². The monoisotopic (exact) mass is 487 g/mol. The Hall–Kier alpha value is -4.46. The SMILES string of the molecule is CCOc1cc(C2C(C(=O)CCc3ccccc3)=C(O)C(=O)N2c2ccc3c(c2)OCO3)ccc1O. The number of fused-ring (bicyclic) bond motifs is 1. The molecule has 2 N–H and O–H groups in total. The molecule has 0 radical (unpaired) electrons. The maximum Gasteiger partial charge on any atom is 0.294 e. The number of nitrogens with zero attached hydrogens (tertiary/aromatic N) is 1. The van der Waals surface area contributed by atoms with Crippen molar-refractivity contribution < 1.29 is 34.0 Å². The first-order chi connectivity index (χ1) is 17.5. The smallest absolute Gasteiger partial charge is 0.294 e. The first-order valence-corrected chi connectivity index (χ1v) is 11.7. The van der Waals surface area contributed by atoms with E-state index in [0.29, 0.717) is 35.8 Å². The second-order valence-corrected chi connectivity index (χ2v) is 8.45. The van der Waals surface area contributed by atoms with Gasteiger partial charge in [-0.1, -0.05) is 36.4 Å². The molecule has 0 aliphatic carbocycles. The van der Waals surface area contributed by atoms with Crippen molar-refractivity contribution in [3.63, 3.8) is 0 Å². The fraction of sp³-hybridized carbons (Fsp3) is 0.214. The van der Waals surface area contributed by atoms with Gasteiger partial charge in [0.2, 0.25) is 6.79 Å². The van der Waals surface area contributed by atoms with Crippen molar-refractivity contribution in [3.05, 3.63) is 89.2 Å². The zero-order valence-corrected chi connectivity index (χ0v) is 19.6. The number of hydrogen-bond acceptors (Lipinski definition) is 7. The molecule has 8 nitrogen and oxygen atoms in total. The molecule has 36 heavy (non-hydrogen) atoms. The van der Waals surface area contributed by atoms with E-state index in [9.17, 15) is 19.8 Å². The molecule has 0 saturated carbocycles. The maximum atomic E-state index is 13.5. The van der Waals surface area contributed by atoms with Crippen molar-refractivity contribution in [2.24, 2.45) is 0 Å². The number of aliphatic hydroxyl groups is 1. The molecule has 1 amide bonds. The summed E-state index contributed by atoms with van der Waals surface area (Å²) in [4.78, 5) is 28.2. The lowest BCUT2D eigenvalue weighted by molar-refractivity contribution is -0.118. The van der Waals surface area contributed by atoms with Crippen LogP contribution in [0.15, 0.2) is 78.1 Å². The van der Waals surface area contributed by atoms with Crippen molar-refractivity contribution in [2.45, 2.75) is 25.8 Å². The summed E-state index contributed by atoms with van der Waals surface area (Å²) in [6.45, 7) is 2.17. The number of benzene rings is 3. The summed E-state index contributed by atoms with van der Waals surface area (Å²) >= 11 is 0. The lowest BCUT2D eigenvalue weighted by Gasteiger charge is -2.27.